The molecule has 3 heterocycles. The molecule has 5 atom stereocenters. The number of thiazole rings is 1. The van der Waals surface area contributed by atoms with Crippen LogP contribution in [-0.4, -0.2) is 59.7 Å². The number of fused-ring (bicyclic) bond motifs is 1. The van der Waals surface area contributed by atoms with Crippen molar-refractivity contribution in [3.63, 3.8) is 0 Å². The maximum Gasteiger partial charge on any atom is 0.225 e. The van der Waals surface area contributed by atoms with Gasteiger partial charge in [0.25, 0.3) is 0 Å². The second-order valence-electron chi connectivity index (χ2n) is 11.2. The lowest BCUT2D eigenvalue weighted by Gasteiger charge is -2.31. The van der Waals surface area contributed by atoms with Gasteiger partial charge in [0.2, 0.25) is 5.95 Å². The molecule has 3 saturated carbocycles. The number of hydrogen-bond acceptors (Lipinski definition) is 10. The number of rotatable bonds is 8. The molecule has 0 aliphatic heterocycles. The van der Waals surface area contributed by atoms with Crippen molar-refractivity contribution in [1.82, 2.24) is 19.9 Å². The smallest absolute Gasteiger partial charge is 0.225 e. The summed E-state index contributed by atoms with van der Waals surface area (Å²) in [7, 11) is 0. The average molecular weight is 545 g/mol. The molecule has 39 heavy (non-hydrogen) atoms. The number of aliphatic hydroxyl groups excluding tert-OH is 2. The summed E-state index contributed by atoms with van der Waals surface area (Å²) in [5.41, 5.74) is 3.04. The number of aryl methyl sites for hydroxylation is 1. The Morgan fingerprint density at radius 3 is 2.64 bits per heavy atom. The number of aliphatic hydroxyl groups is 3. The van der Waals surface area contributed by atoms with Gasteiger partial charge in [-0.3, -0.25) is 4.98 Å². The van der Waals surface area contributed by atoms with Crippen LogP contribution in [0.3, 0.4) is 0 Å². The van der Waals surface area contributed by atoms with Gasteiger partial charge in [0.15, 0.2) is 5.72 Å². The predicted molar refractivity (Wildman–Crippen MR) is 151 cm³/mol. The Balaban J connectivity index is 1.26. The summed E-state index contributed by atoms with van der Waals surface area (Å²) in [6, 6.07) is 12.6. The third-order valence-corrected chi connectivity index (χ3v) is 9.38. The van der Waals surface area contributed by atoms with Crippen molar-refractivity contribution in [2.75, 3.05) is 17.2 Å². The summed E-state index contributed by atoms with van der Waals surface area (Å²) >= 11 is 1.55. The highest BCUT2D eigenvalue weighted by molar-refractivity contribution is 7.21. The van der Waals surface area contributed by atoms with Crippen molar-refractivity contribution < 1.29 is 15.3 Å². The largest absolute Gasteiger partial charge is 0.396 e. The van der Waals surface area contributed by atoms with Gasteiger partial charge in [-0.2, -0.15) is 4.98 Å². The van der Waals surface area contributed by atoms with Crippen molar-refractivity contribution in [2.24, 2.45) is 5.92 Å². The van der Waals surface area contributed by atoms with E-state index < -0.39 is 17.7 Å². The molecule has 3 aliphatic carbocycles. The maximum atomic E-state index is 11.4. The normalized spacial score (nSPS) is 28.1. The third kappa shape index (κ3) is 4.55. The van der Waals surface area contributed by atoms with Gasteiger partial charge >= 0.3 is 0 Å². The molecule has 10 heteroatoms. The number of anilines is 2. The minimum atomic E-state index is -1.62. The van der Waals surface area contributed by atoms with Crippen molar-refractivity contribution in [3.05, 3.63) is 59.5 Å². The van der Waals surface area contributed by atoms with E-state index in [1.807, 2.05) is 25.3 Å². The van der Waals surface area contributed by atoms with E-state index in [0.717, 1.165) is 45.9 Å². The standard InChI is InChI=1S/C29H32N6O3S/c1-15-22(27-33-24-21(39-27)10-12-30-23(24)17-7-8-17)26(35-29(38)11-9-18(14-36)25(29)37)34-28(31-15)32-20-13-19(20)16-5-3-2-4-6-16/h2-6,10,12,17-20,25,36-38H,7-9,11,13-14H2,1H3,(H2,31,32,34,35). The van der Waals surface area contributed by atoms with Gasteiger partial charge in [0.05, 0.1) is 21.7 Å². The highest BCUT2D eigenvalue weighted by atomic mass is 32.1. The molecule has 7 rings (SSSR count). The van der Waals surface area contributed by atoms with Crippen LogP contribution in [0.1, 0.15) is 60.9 Å². The third-order valence-electron chi connectivity index (χ3n) is 8.34. The average Bonchev–Trinajstić information content (AvgIpc) is 3.85. The molecule has 3 fully saturated rings. The summed E-state index contributed by atoms with van der Waals surface area (Å²) in [4.78, 5) is 19.3. The molecular formula is C29H32N6O3S. The van der Waals surface area contributed by atoms with Gasteiger partial charge < -0.3 is 26.0 Å². The monoisotopic (exact) mass is 544 g/mol. The van der Waals surface area contributed by atoms with Crippen molar-refractivity contribution in [2.45, 2.75) is 68.7 Å². The lowest BCUT2D eigenvalue weighted by molar-refractivity contribution is -0.0545. The number of aromatic nitrogens is 4. The minimum absolute atomic E-state index is 0.189. The molecule has 3 aromatic heterocycles. The first-order valence-electron chi connectivity index (χ1n) is 13.7. The quantitative estimate of drug-likeness (QED) is 0.207. The molecule has 1 aromatic carbocycles. The van der Waals surface area contributed by atoms with E-state index in [0.29, 0.717) is 42.0 Å². The molecule has 0 spiro atoms. The Hall–Kier alpha value is -3.18. The summed E-state index contributed by atoms with van der Waals surface area (Å²) in [5.74, 6) is 1.35. The molecule has 0 bridgehead atoms. The molecule has 5 unspecified atom stereocenters. The summed E-state index contributed by atoms with van der Waals surface area (Å²) < 4.78 is 1.05. The van der Waals surface area contributed by atoms with Crippen LogP contribution in [0.5, 0.6) is 0 Å². The Kier molecular flexibility index (Phi) is 6.04. The second-order valence-corrected chi connectivity index (χ2v) is 12.2. The Morgan fingerprint density at radius 2 is 1.90 bits per heavy atom. The van der Waals surface area contributed by atoms with Gasteiger partial charge in [0.1, 0.15) is 22.4 Å². The topological polar surface area (TPSA) is 136 Å². The van der Waals surface area contributed by atoms with Crippen LogP contribution in [-0.2, 0) is 0 Å². The number of nitrogens with one attached hydrogen (secondary N) is 2. The first-order valence-corrected chi connectivity index (χ1v) is 14.5. The van der Waals surface area contributed by atoms with Gasteiger partial charge in [-0.15, -0.1) is 11.3 Å². The zero-order valence-corrected chi connectivity index (χ0v) is 22.5. The Labute approximate surface area is 230 Å². The van der Waals surface area contributed by atoms with Gasteiger partial charge in [-0.25, -0.2) is 9.97 Å². The van der Waals surface area contributed by atoms with Gasteiger partial charge in [0, 0.05) is 36.6 Å². The van der Waals surface area contributed by atoms with Crippen molar-refractivity contribution in [1.29, 1.82) is 0 Å². The maximum absolute atomic E-state index is 11.4. The van der Waals surface area contributed by atoms with E-state index in [-0.39, 0.29) is 12.6 Å². The molecule has 202 valence electrons. The SMILES string of the molecule is Cc1nc(NC2CC2c2ccccc2)nc(NC2(O)CCC(CO)C2O)c1-c1nc2c(C3CC3)nccc2s1. The lowest BCUT2D eigenvalue weighted by Crippen LogP contribution is -2.48. The van der Waals surface area contributed by atoms with Gasteiger partial charge in [-0.05, 0) is 50.7 Å². The summed E-state index contributed by atoms with van der Waals surface area (Å²) in [6.07, 6.45) is 4.77. The zero-order chi connectivity index (χ0) is 26.7. The van der Waals surface area contributed by atoms with E-state index >= 15 is 0 Å². The van der Waals surface area contributed by atoms with Crippen LogP contribution < -0.4 is 10.6 Å². The first-order chi connectivity index (χ1) is 18.9. The molecule has 4 aromatic rings. The molecule has 9 nitrogen and oxygen atoms in total. The van der Waals surface area contributed by atoms with E-state index in [2.05, 4.69) is 39.9 Å². The summed E-state index contributed by atoms with van der Waals surface area (Å²) in [5, 5.41) is 39.4. The minimum Gasteiger partial charge on any atom is -0.396 e. The zero-order valence-electron chi connectivity index (χ0n) is 21.7. The van der Waals surface area contributed by atoms with Crippen LogP contribution in [0.15, 0.2) is 42.6 Å². The van der Waals surface area contributed by atoms with Crippen LogP contribution >= 0.6 is 11.3 Å². The predicted octanol–water partition coefficient (Wildman–Crippen LogP) is 4.17. The molecular weight excluding hydrogens is 512 g/mol. The fourth-order valence-corrected chi connectivity index (χ4v) is 6.91. The van der Waals surface area contributed by atoms with Crippen LogP contribution in [0, 0.1) is 12.8 Å². The van der Waals surface area contributed by atoms with E-state index in [1.165, 1.54) is 5.56 Å². The number of benzene rings is 1. The molecule has 0 amide bonds. The van der Waals surface area contributed by atoms with Crippen LogP contribution in [0.4, 0.5) is 11.8 Å². The van der Waals surface area contributed by atoms with Crippen LogP contribution in [0.2, 0.25) is 0 Å². The van der Waals surface area contributed by atoms with E-state index in [1.54, 1.807) is 11.3 Å². The summed E-state index contributed by atoms with van der Waals surface area (Å²) in [6.45, 7) is 1.73. The fraction of sp³-hybridized carbons (Fsp3) is 0.448. The molecule has 0 radical (unpaired) electrons. The Morgan fingerprint density at radius 1 is 1.08 bits per heavy atom. The molecule has 0 saturated heterocycles. The number of pyridine rings is 1. The number of nitrogens with zero attached hydrogens (tertiary/aromatic N) is 4. The number of hydrogen-bond donors (Lipinski definition) is 5. The van der Waals surface area contributed by atoms with Gasteiger partial charge in [-0.1, -0.05) is 30.3 Å². The first kappa shape index (κ1) is 24.8. The highest BCUT2D eigenvalue weighted by Gasteiger charge is 2.47. The van der Waals surface area contributed by atoms with E-state index in [4.69, 9.17) is 15.0 Å². The molecule has 5 N–H and O–H groups in total. The lowest BCUT2D eigenvalue weighted by atomic mass is 10.0. The second kappa shape index (κ2) is 9.48. The highest BCUT2D eigenvalue weighted by Crippen LogP contribution is 2.46. The van der Waals surface area contributed by atoms with Crippen LogP contribution in [0.25, 0.3) is 20.8 Å². The fourth-order valence-electron chi connectivity index (χ4n) is 5.84. The Bertz CT molecular complexity index is 1530. The van der Waals surface area contributed by atoms with E-state index in [9.17, 15) is 15.3 Å². The molecule has 3 aliphatic rings. The van der Waals surface area contributed by atoms with Crippen molar-refractivity contribution >= 4 is 33.3 Å². The van der Waals surface area contributed by atoms with Crippen molar-refractivity contribution in [3.8, 4) is 10.6 Å².